The summed E-state index contributed by atoms with van der Waals surface area (Å²) >= 11 is 0. The lowest BCUT2D eigenvalue weighted by Gasteiger charge is -2.38. The van der Waals surface area contributed by atoms with Crippen molar-refractivity contribution in [3.05, 3.63) is 0 Å². The summed E-state index contributed by atoms with van der Waals surface area (Å²) in [5.41, 5.74) is 0.634. The molecule has 3 rings (SSSR count). The smallest absolute Gasteiger partial charge is 0.193 e. The molecule has 24 heavy (non-hydrogen) atoms. The molecule has 1 aliphatic heterocycles. The normalized spacial score (nSPS) is 22.6. The molecule has 0 aromatic carbocycles. The van der Waals surface area contributed by atoms with E-state index >= 15 is 0 Å². The van der Waals surface area contributed by atoms with Crippen LogP contribution in [0, 0.1) is 5.41 Å². The summed E-state index contributed by atoms with van der Waals surface area (Å²) in [4.78, 5) is 9.98. The van der Waals surface area contributed by atoms with Gasteiger partial charge >= 0.3 is 0 Å². The minimum absolute atomic E-state index is 0. The zero-order valence-corrected chi connectivity index (χ0v) is 17.8. The van der Waals surface area contributed by atoms with E-state index in [1.54, 1.807) is 7.11 Å². The third-order valence-electron chi connectivity index (χ3n) is 5.78. The first-order valence-electron chi connectivity index (χ1n) is 9.52. The zero-order chi connectivity index (χ0) is 16.1. The number of guanidine groups is 1. The van der Waals surface area contributed by atoms with Gasteiger partial charge in [0.05, 0.1) is 13.2 Å². The van der Waals surface area contributed by atoms with Gasteiger partial charge in [-0.2, -0.15) is 0 Å². The monoisotopic (exact) mass is 450 g/mol. The number of nitrogens with one attached hydrogen (secondary N) is 1. The molecule has 0 radical (unpaired) electrons. The van der Waals surface area contributed by atoms with Gasteiger partial charge in [0, 0.05) is 45.9 Å². The highest BCUT2D eigenvalue weighted by atomic mass is 127. The lowest BCUT2D eigenvalue weighted by Crippen LogP contribution is -2.43. The fourth-order valence-electron chi connectivity index (χ4n) is 4.04. The van der Waals surface area contributed by atoms with Gasteiger partial charge in [0.2, 0.25) is 0 Å². The van der Waals surface area contributed by atoms with Crippen LogP contribution in [0.4, 0.5) is 0 Å². The van der Waals surface area contributed by atoms with E-state index in [2.05, 4.69) is 22.0 Å². The minimum atomic E-state index is 0. The lowest BCUT2D eigenvalue weighted by atomic mass is 9.68. The summed E-state index contributed by atoms with van der Waals surface area (Å²) in [6.45, 7) is 9.35. The van der Waals surface area contributed by atoms with Crippen molar-refractivity contribution in [3.63, 3.8) is 0 Å². The summed E-state index contributed by atoms with van der Waals surface area (Å²) in [5, 5.41) is 3.50. The van der Waals surface area contributed by atoms with E-state index in [1.165, 1.54) is 51.6 Å². The van der Waals surface area contributed by atoms with Gasteiger partial charge in [-0.25, -0.2) is 0 Å². The molecule has 2 saturated carbocycles. The second-order valence-electron chi connectivity index (χ2n) is 7.52. The molecule has 1 spiro atoms. The molecule has 1 N–H and O–H groups in total. The molecule has 0 unspecified atom stereocenters. The topological polar surface area (TPSA) is 40.1 Å². The first-order valence-corrected chi connectivity index (χ1v) is 9.52. The van der Waals surface area contributed by atoms with Crippen molar-refractivity contribution in [1.29, 1.82) is 0 Å². The van der Waals surface area contributed by atoms with Crippen molar-refractivity contribution in [2.75, 3.05) is 53.0 Å². The molecule has 0 aromatic heterocycles. The fourth-order valence-corrected chi connectivity index (χ4v) is 4.04. The molecule has 0 atom stereocenters. The number of hydrogen-bond donors (Lipinski definition) is 1. The molecule has 140 valence electrons. The third kappa shape index (κ3) is 5.21. The van der Waals surface area contributed by atoms with E-state index in [4.69, 9.17) is 9.73 Å². The Morgan fingerprint density at radius 1 is 1.29 bits per heavy atom. The molecule has 2 aliphatic carbocycles. The van der Waals surface area contributed by atoms with Gasteiger partial charge in [-0.15, -0.1) is 24.0 Å². The number of methoxy groups -OCH3 is 1. The van der Waals surface area contributed by atoms with Crippen LogP contribution in [0.1, 0.15) is 45.4 Å². The van der Waals surface area contributed by atoms with Gasteiger partial charge in [-0.05, 0) is 44.4 Å². The van der Waals surface area contributed by atoms with Gasteiger partial charge < -0.3 is 15.0 Å². The SMILES string of the molecule is CCNC(=NCCN(CCOC)C1CC1)N1CCC2(CCC2)C1.I. The first kappa shape index (κ1) is 20.2. The van der Waals surface area contributed by atoms with Gasteiger partial charge in [0.15, 0.2) is 5.96 Å². The largest absolute Gasteiger partial charge is 0.383 e. The Balaban J connectivity index is 0.00000208. The first-order chi connectivity index (χ1) is 11.3. The van der Waals surface area contributed by atoms with Gasteiger partial charge in [-0.1, -0.05) is 6.42 Å². The molecular weight excluding hydrogens is 415 g/mol. The summed E-state index contributed by atoms with van der Waals surface area (Å²) in [6.07, 6.45) is 8.34. The third-order valence-corrected chi connectivity index (χ3v) is 5.78. The van der Waals surface area contributed by atoms with Crippen LogP contribution >= 0.6 is 24.0 Å². The minimum Gasteiger partial charge on any atom is -0.383 e. The summed E-state index contributed by atoms with van der Waals surface area (Å²) < 4.78 is 5.24. The highest BCUT2D eigenvalue weighted by molar-refractivity contribution is 14.0. The molecular formula is C18H35IN4O. The van der Waals surface area contributed by atoms with E-state index < -0.39 is 0 Å². The lowest BCUT2D eigenvalue weighted by molar-refractivity contribution is 0.145. The maximum atomic E-state index is 5.24. The molecule has 6 heteroatoms. The van der Waals surface area contributed by atoms with Crippen LogP contribution in [0.25, 0.3) is 0 Å². The quantitative estimate of drug-likeness (QED) is 0.351. The molecule has 1 saturated heterocycles. The number of nitrogens with zero attached hydrogens (tertiary/aromatic N) is 3. The van der Waals surface area contributed by atoms with Gasteiger partial charge in [-0.3, -0.25) is 9.89 Å². The Bertz CT molecular complexity index is 410. The van der Waals surface area contributed by atoms with Crippen molar-refractivity contribution in [3.8, 4) is 0 Å². The maximum Gasteiger partial charge on any atom is 0.193 e. The summed E-state index contributed by atoms with van der Waals surface area (Å²) in [7, 11) is 1.79. The van der Waals surface area contributed by atoms with Crippen LogP contribution in [-0.2, 0) is 4.74 Å². The Labute approximate surface area is 164 Å². The molecule has 0 amide bonds. The Morgan fingerprint density at radius 3 is 2.62 bits per heavy atom. The average Bonchev–Trinajstić information content (AvgIpc) is 3.25. The van der Waals surface area contributed by atoms with Crippen LogP contribution in [0.5, 0.6) is 0 Å². The van der Waals surface area contributed by atoms with Crippen molar-refractivity contribution < 1.29 is 4.74 Å². The number of likely N-dealkylation sites (tertiary alicyclic amines) is 1. The molecule has 1 heterocycles. The van der Waals surface area contributed by atoms with E-state index in [9.17, 15) is 0 Å². The van der Waals surface area contributed by atoms with Crippen molar-refractivity contribution in [2.45, 2.75) is 51.5 Å². The number of ether oxygens (including phenoxy) is 1. The highest BCUT2D eigenvalue weighted by Gasteiger charge is 2.43. The predicted octanol–water partition coefficient (Wildman–Crippen LogP) is 2.56. The molecule has 5 nitrogen and oxygen atoms in total. The molecule has 0 aromatic rings. The number of hydrogen-bond acceptors (Lipinski definition) is 3. The molecule has 3 aliphatic rings. The summed E-state index contributed by atoms with van der Waals surface area (Å²) in [6, 6.07) is 0.785. The van der Waals surface area contributed by atoms with Gasteiger partial charge in [0.25, 0.3) is 0 Å². The standard InChI is InChI=1S/C18H34N4O.HI/c1-3-19-17(22-11-9-18(15-22)7-4-8-18)20-10-12-21(13-14-23-2)16-5-6-16;/h16H,3-15H2,1-2H3,(H,19,20);1H. The Kier molecular flexibility index (Phi) is 8.07. The zero-order valence-electron chi connectivity index (χ0n) is 15.4. The molecule has 3 fully saturated rings. The average molecular weight is 450 g/mol. The fraction of sp³-hybridized carbons (Fsp3) is 0.944. The summed E-state index contributed by atoms with van der Waals surface area (Å²) in [5.74, 6) is 1.14. The predicted molar refractivity (Wildman–Crippen MR) is 110 cm³/mol. The van der Waals surface area contributed by atoms with Crippen LogP contribution < -0.4 is 5.32 Å². The van der Waals surface area contributed by atoms with E-state index in [-0.39, 0.29) is 24.0 Å². The number of halogens is 1. The van der Waals surface area contributed by atoms with Crippen molar-refractivity contribution >= 4 is 29.9 Å². The van der Waals surface area contributed by atoms with Crippen LogP contribution in [-0.4, -0.2) is 74.8 Å². The van der Waals surface area contributed by atoms with Crippen molar-refractivity contribution in [1.82, 2.24) is 15.1 Å². The number of rotatable bonds is 8. The van der Waals surface area contributed by atoms with E-state index in [0.29, 0.717) is 5.41 Å². The van der Waals surface area contributed by atoms with Crippen LogP contribution in [0.3, 0.4) is 0 Å². The van der Waals surface area contributed by atoms with E-state index in [1.807, 2.05) is 0 Å². The highest BCUT2D eigenvalue weighted by Crippen LogP contribution is 2.47. The van der Waals surface area contributed by atoms with Crippen LogP contribution in [0.15, 0.2) is 4.99 Å². The Morgan fingerprint density at radius 2 is 2.08 bits per heavy atom. The van der Waals surface area contributed by atoms with Gasteiger partial charge in [0.1, 0.15) is 0 Å². The number of aliphatic imine (C=N–C) groups is 1. The maximum absolute atomic E-state index is 5.24. The van der Waals surface area contributed by atoms with Crippen LogP contribution in [0.2, 0.25) is 0 Å². The second kappa shape index (κ2) is 9.57. The van der Waals surface area contributed by atoms with Crippen molar-refractivity contribution in [2.24, 2.45) is 10.4 Å². The second-order valence-corrected chi connectivity index (χ2v) is 7.52. The molecule has 0 bridgehead atoms. The van der Waals surface area contributed by atoms with E-state index in [0.717, 1.165) is 44.8 Å². The Hall–Kier alpha value is -0.0800.